The molecule has 0 aliphatic heterocycles. The molecule has 0 amide bonds. The van der Waals surface area contributed by atoms with E-state index in [0.717, 1.165) is 0 Å². The average molecular weight is 339 g/mol. The van der Waals surface area contributed by atoms with E-state index < -0.39 is 20.5 Å². The molecule has 1 unspecified atom stereocenters. The number of alkyl halides is 1. The molecule has 2 aromatic carbocycles. The van der Waals surface area contributed by atoms with Crippen LogP contribution in [0.5, 0.6) is 0 Å². The number of aliphatic carboxylic acids is 1. The zero-order valence-corrected chi connectivity index (χ0v) is 13.4. The molecule has 4 nitrogen and oxygen atoms in total. The van der Waals surface area contributed by atoms with Crippen molar-refractivity contribution in [1.82, 2.24) is 0 Å². The highest BCUT2D eigenvalue weighted by molar-refractivity contribution is 7.93. The lowest BCUT2D eigenvalue weighted by Gasteiger charge is -2.12. The summed E-state index contributed by atoms with van der Waals surface area (Å²) in [5.41, 5.74) is 1.91. The Morgan fingerprint density at radius 2 is 1.73 bits per heavy atom. The van der Waals surface area contributed by atoms with E-state index in [0.29, 0.717) is 16.7 Å². The van der Waals surface area contributed by atoms with Gasteiger partial charge in [-0.2, -0.15) is 0 Å². The normalized spacial score (nSPS) is 12.8. The Morgan fingerprint density at radius 1 is 1.14 bits per heavy atom. The summed E-state index contributed by atoms with van der Waals surface area (Å²) >= 11 is 5.79. The Hall–Kier alpha value is -1.85. The molecule has 1 N–H and O–H groups in total. The van der Waals surface area contributed by atoms with Gasteiger partial charge in [0.15, 0.2) is 9.84 Å². The highest BCUT2D eigenvalue weighted by atomic mass is 35.5. The van der Waals surface area contributed by atoms with E-state index >= 15 is 0 Å². The third-order valence-electron chi connectivity index (χ3n) is 3.24. The second-order valence-corrected chi connectivity index (χ2v) is 8.00. The van der Waals surface area contributed by atoms with E-state index in [1.165, 1.54) is 13.0 Å². The second-order valence-electron chi connectivity index (χ2n) is 4.85. The smallest absolute Gasteiger partial charge is 0.307 e. The van der Waals surface area contributed by atoms with Crippen LogP contribution < -0.4 is 0 Å². The van der Waals surface area contributed by atoms with Gasteiger partial charge in [-0.3, -0.25) is 4.79 Å². The highest BCUT2D eigenvalue weighted by Gasteiger charge is 2.24. The molecule has 0 radical (unpaired) electrons. The Balaban J connectivity index is 2.48. The number of carboxylic acid groups (broad SMARTS) is 1. The number of carbonyl (C=O) groups is 1. The predicted molar refractivity (Wildman–Crippen MR) is 85.7 cm³/mol. The molecule has 0 spiro atoms. The van der Waals surface area contributed by atoms with Crippen LogP contribution in [0.1, 0.15) is 12.5 Å². The molecule has 0 saturated heterocycles. The van der Waals surface area contributed by atoms with E-state index in [1.807, 2.05) is 0 Å². The first kappa shape index (κ1) is 16.5. The van der Waals surface area contributed by atoms with E-state index in [9.17, 15) is 13.2 Å². The molecule has 0 aliphatic rings. The van der Waals surface area contributed by atoms with E-state index in [2.05, 4.69) is 0 Å². The second kappa shape index (κ2) is 6.50. The molecule has 0 heterocycles. The van der Waals surface area contributed by atoms with Crippen LogP contribution in [-0.2, 0) is 21.1 Å². The number of carboxylic acids is 1. The van der Waals surface area contributed by atoms with Gasteiger partial charge in [-0.15, -0.1) is 11.6 Å². The largest absolute Gasteiger partial charge is 0.481 e. The van der Waals surface area contributed by atoms with Crippen molar-refractivity contribution in [1.29, 1.82) is 0 Å². The summed E-state index contributed by atoms with van der Waals surface area (Å²) in [5.74, 6) is -0.910. The van der Waals surface area contributed by atoms with Gasteiger partial charge in [0.1, 0.15) is 4.71 Å². The first-order chi connectivity index (χ1) is 10.3. The van der Waals surface area contributed by atoms with Crippen LogP contribution in [0.2, 0.25) is 0 Å². The molecule has 0 aliphatic carbocycles. The molecule has 0 aromatic heterocycles. The summed E-state index contributed by atoms with van der Waals surface area (Å²) < 4.78 is 23.6. The molecule has 1 atom stereocenters. The fourth-order valence-corrected chi connectivity index (χ4v) is 3.50. The van der Waals surface area contributed by atoms with Crippen molar-refractivity contribution in [3.8, 4) is 11.1 Å². The quantitative estimate of drug-likeness (QED) is 0.849. The fourth-order valence-electron chi connectivity index (χ4n) is 2.10. The Kier molecular flexibility index (Phi) is 4.88. The highest BCUT2D eigenvalue weighted by Crippen LogP contribution is 2.30. The predicted octanol–water partition coefficient (Wildman–Crippen LogP) is 3.34. The molecule has 0 bridgehead atoms. The SMILES string of the molecule is CC(Cl)S(=O)(=O)c1ccccc1-c1ccc(CC(=O)O)cc1. The number of rotatable bonds is 5. The molecular weight excluding hydrogens is 324 g/mol. The van der Waals surface area contributed by atoms with Crippen LogP contribution in [0.25, 0.3) is 11.1 Å². The maximum absolute atomic E-state index is 12.3. The van der Waals surface area contributed by atoms with Crippen LogP contribution in [0.3, 0.4) is 0 Å². The van der Waals surface area contributed by atoms with Crippen LogP contribution in [0, 0.1) is 0 Å². The minimum atomic E-state index is -3.61. The lowest BCUT2D eigenvalue weighted by molar-refractivity contribution is -0.136. The molecule has 0 saturated carbocycles. The van der Waals surface area contributed by atoms with Crippen molar-refractivity contribution in [2.45, 2.75) is 22.9 Å². The van der Waals surface area contributed by atoms with Crippen molar-refractivity contribution < 1.29 is 18.3 Å². The average Bonchev–Trinajstić information content (AvgIpc) is 2.47. The van der Waals surface area contributed by atoms with Gasteiger partial charge in [0.2, 0.25) is 0 Å². The topological polar surface area (TPSA) is 71.4 Å². The van der Waals surface area contributed by atoms with Crippen LogP contribution in [0.4, 0.5) is 0 Å². The number of halogens is 1. The molecule has 2 rings (SSSR count). The van der Waals surface area contributed by atoms with Crippen molar-refractivity contribution in [2.75, 3.05) is 0 Å². The van der Waals surface area contributed by atoms with Gasteiger partial charge in [0.25, 0.3) is 0 Å². The first-order valence-electron chi connectivity index (χ1n) is 6.60. The van der Waals surface area contributed by atoms with E-state index in [1.54, 1.807) is 42.5 Å². The molecular formula is C16H15ClO4S. The maximum Gasteiger partial charge on any atom is 0.307 e. The number of hydrogen-bond acceptors (Lipinski definition) is 3. The minimum absolute atomic E-state index is 0.0705. The summed E-state index contributed by atoms with van der Waals surface area (Å²) in [7, 11) is -3.61. The number of sulfone groups is 1. The van der Waals surface area contributed by atoms with E-state index in [4.69, 9.17) is 16.7 Å². The van der Waals surface area contributed by atoms with Gasteiger partial charge < -0.3 is 5.11 Å². The van der Waals surface area contributed by atoms with Gasteiger partial charge in [0, 0.05) is 5.56 Å². The summed E-state index contributed by atoms with van der Waals surface area (Å²) in [6.45, 7) is 1.42. The zero-order valence-electron chi connectivity index (χ0n) is 11.9. The van der Waals surface area contributed by atoms with Gasteiger partial charge in [-0.1, -0.05) is 42.5 Å². The summed E-state index contributed by atoms with van der Waals surface area (Å²) in [6.07, 6.45) is -0.0705. The van der Waals surface area contributed by atoms with Crippen LogP contribution in [-0.4, -0.2) is 24.2 Å². The minimum Gasteiger partial charge on any atom is -0.481 e. The summed E-state index contributed by atoms with van der Waals surface area (Å²) in [6, 6.07) is 13.4. The number of hydrogen-bond donors (Lipinski definition) is 1. The summed E-state index contributed by atoms with van der Waals surface area (Å²) in [4.78, 5) is 10.9. The molecule has 116 valence electrons. The van der Waals surface area contributed by atoms with Crippen molar-refractivity contribution in [3.63, 3.8) is 0 Å². The monoisotopic (exact) mass is 338 g/mol. The lowest BCUT2D eigenvalue weighted by Crippen LogP contribution is -2.12. The molecule has 2 aromatic rings. The van der Waals surface area contributed by atoms with Crippen molar-refractivity contribution >= 4 is 27.4 Å². The standard InChI is InChI=1S/C16H15ClO4S/c1-11(17)22(20,21)15-5-3-2-4-14(15)13-8-6-12(7-9-13)10-16(18)19/h2-9,11H,10H2,1H3,(H,18,19). The molecule has 6 heteroatoms. The third-order valence-corrected chi connectivity index (χ3v) is 5.77. The summed E-state index contributed by atoms with van der Waals surface area (Å²) in [5, 5.41) is 8.77. The lowest BCUT2D eigenvalue weighted by atomic mass is 10.0. The molecule has 0 fully saturated rings. The number of benzene rings is 2. The maximum atomic E-state index is 12.3. The Morgan fingerprint density at radius 3 is 2.27 bits per heavy atom. The van der Waals surface area contributed by atoms with Crippen LogP contribution in [0.15, 0.2) is 53.4 Å². The van der Waals surface area contributed by atoms with Crippen molar-refractivity contribution in [3.05, 3.63) is 54.1 Å². The van der Waals surface area contributed by atoms with E-state index in [-0.39, 0.29) is 11.3 Å². The van der Waals surface area contributed by atoms with Gasteiger partial charge in [-0.05, 0) is 24.1 Å². The Bertz CT molecular complexity index is 780. The Labute approximate surface area is 134 Å². The third kappa shape index (κ3) is 3.48. The fraction of sp³-hybridized carbons (Fsp3) is 0.188. The van der Waals surface area contributed by atoms with Crippen LogP contribution >= 0.6 is 11.6 Å². The van der Waals surface area contributed by atoms with Gasteiger partial charge in [-0.25, -0.2) is 8.42 Å². The zero-order chi connectivity index (χ0) is 16.3. The first-order valence-corrected chi connectivity index (χ1v) is 8.59. The van der Waals surface area contributed by atoms with Gasteiger partial charge in [0.05, 0.1) is 11.3 Å². The molecule has 22 heavy (non-hydrogen) atoms. The van der Waals surface area contributed by atoms with Crippen molar-refractivity contribution in [2.24, 2.45) is 0 Å². The van der Waals surface area contributed by atoms with Gasteiger partial charge >= 0.3 is 5.97 Å².